The largest absolute Gasteiger partial charge is 0.370 e. The lowest BCUT2D eigenvalue weighted by Crippen LogP contribution is -2.25. The van der Waals surface area contributed by atoms with Gasteiger partial charge in [0.1, 0.15) is 0 Å². The average Bonchev–Trinajstić information content (AvgIpc) is 2.96. The molecule has 100 valence electrons. The van der Waals surface area contributed by atoms with Crippen molar-refractivity contribution in [2.45, 2.75) is 31.3 Å². The van der Waals surface area contributed by atoms with Gasteiger partial charge in [-0.25, -0.2) is 0 Å². The average molecular weight is 272 g/mol. The van der Waals surface area contributed by atoms with Crippen LogP contribution in [0.5, 0.6) is 0 Å². The first-order valence-electron chi connectivity index (χ1n) is 7.14. The molecule has 0 amide bonds. The van der Waals surface area contributed by atoms with E-state index in [0.29, 0.717) is 0 Å². The van der Waals surface area contributed by atoms with Crippen LogP contribution in [0.15, 0.2) is 48.1 Å². The van der Waals surface area contributed by atoms with Crippen LogP contribution in [0.2, 0.25) is 0 Å². The van der Waals surface area contributed by atoms with E-state index in [1.807, 2.05) is 12.3 Å². The summed E-state index contributed by atoms with van der Waals surface area (Å²) in [6, 6.07) is 6.37. The molecule has 1 saturated carbocycles. The van der Waals surface area contributed by atoms with E-state index in [0.717, 1.165) is 12.2 Å². The molecule has 1 aromatic heterocycles. The van der Waals surface area contributed by atoms with Gasteiger partial charge in [-0.2, -0.15) is 0 Å². The van der Waals surface area contributed by atoms with Crippen molar-refractivity contribution in [2.75, 3.05) is 13.6 Å². The Labute approximate surface area is 117 Å². The van der Waals surface area contributed by atoms with Crippen LogP contribution in [0.25, 0.3) is 0 Å². The molecule has 1 unspecified atom stereocenters. The summed E-state index contributed by atoms with van der Waals surface area (Å²) in [7, 11) is 1.92. The molecule has 0 spiro atoms. The summed E-state index contributed by atoms with van der Waals surface area (Å²) in [5.74, 6) is 0. The third-order valence-electron chi connectivity index (χ3n) is 3.98. The van der Waals surface area contributed by atoms with Crippen LogP contribution >= 0.6 is 7.92 Å². The molecule has 2 heterocycles. The first-order valence-corrected chi connectivity index (χ1v) is 8.55. The number of pyridine rings is 1. The summed E-state index contributed by atoms with van der Waals surface area (Å²) in [5.41, 5.74) is 3.63. The Balaban J connectivity index is 1.96. The minimum atomic E-state index is -0.290. The molecule has 3 rings (SSSR count). The van der Waals surface area contributed by atoms with E-state index >= 15 is 0 Å². The third kappa shape index (κ3) is 2.74. The third-order valence-corrected chi connectivity index (χ3v) is 6.97. The Kier molecular flexibility index (Phi) is 3.98. The second-order valence-corrected chi connectivity index (χ2v) is 7.72. The maximum absolute atomic E-state index is 4.67. The van der Waals surface area contributed by atoms with Gasteiger partial charge in [0.2, 0.25) is 0 Å². The highest BCUT2D eigenvalue weighted by molar-refractivity contribution is 7.70. The van der Waals surface area contributed by atoms with E-state index in [1.165, 1.54) is 36.6 Å². The van der Waals surface area contributed by atoms with E-state index in [-0.39, 0.29) is 7.92 Å². The number of aromatic nitrogens is 1. The van der Waals surface area contributed by atoms with Crippen molar-refractivity contribution in [2.24, 2.45) is 0 Å². The highest BCUT2D eigenvalue weighted by atomic mass is 31.1. The van der Waals surface area contributed by atoms with Gasteiger partial charge in [-0.15, -0.1) is 0 Å². The highest BCUT2D eigenvalue weighted by Crippen LogP contribution is 2.54. The second kappa shape index (κ2) is 5.88. The molecular formula is C16H21N2P. The van der Waals surface area contributed by atoms with Crippen LogP contribution in [-0.2, 0) is 0 Å². The monoisotopic (exact) mass is 272 g/mol. The van der Waals surface area contributed by atoms with Gasteiger partial charge in [0, 0.05) is 25.2 Å². The summed E-state index contributed by atoms with van der Waals surface area (Å²) in [6.07, 6.45) is 14.2. The lowest BCUT2D eigenvalue weighted by molar-refractivity contribution is 0.489. The Morgan fingerprint density at radius 2 is 2.11 bits per heavy atom. The summed E-state index contributed by atoms with van der Waals surface area (Å²) in [4.78, 5) is 7.07. The first-order chi connectivity index (χ1) is 9.36. The maximum Gasteiger partial charge on any atom is 0.0693 e. The SMILES string of the molecule is CN1CC=CC=C1P(c1ccccn1)C1CCCC1. The lowest BCUT2D eigenvalue weighted by atomic mass is 10.4. The number of hydrogen-bond acceptors (Lipinski definition) is 2. The summed E-state index contributed by atoms with van der Waals surface area (Å²) < 4.78 is 0. The van der Waals surface area contributed by atoms with Gasteiger partial charge < -0.3 is 4.90 Å². The van der Waals surface area contributed by atoms with E-state index in [2.05, 4.69) is 47.3 Å². The molecule has 2 aliphatic rings. The predicted molar refractivity (Wildman–Crippen MR) is 82.9 cm³/mol. The fourth-order valence-corrected chi connectivity index (χ4v) is 6.01. The molecule has 0 saturated heterocycles. The molecule has 2 nitrogen and oxygen atoms in total. The molecule has 0 aromatic carbocycles. The van der Waals surface area contributed by atoms with Gasteiger partial charge in [0.15, 0.2) is 0 Å². The van der Waals surface area contributed by atoms with Gasteiger partial charge in [0.05, 0.1) is 5.44 Å². The van der Waals surface area contributed by atoms with Crippen LogP contribution in [-0.4, -0.2) is 29.1 Å². The van der Waals surface area contributed by atoms with Crippen LogP contribution in [0.3, 0.4) is 0 Å². The molecule has 0 bridgehead atoms. The molecule has 1 atom stereocenters. The molecule has 0 radical (unpaired) electrons. The zero-order valence-corrected chi connectivity index (χ0v) is 12.4. The van der Waals surface area contributed by atoms with Crippen molar-refractivity contribution in [1.82, 2.24) is 9.88 Å². The zero-order valence-electron chi connectivity index (χ0n) is 11.5. The molecule has 1 fully saturated rings. The van der Waals surface area contributed by atoms with Gasteiger partial charge in [-0.3, -0.25) is 4.98 Å². The van der Waals surface area contributed by atoms with Crippen LogP contribution in [0, 0.1) is 0 Å². The smallest absolute Gasteiger partial charge is 0.0693 e. The lowest BCUT2D eigenvalue weighted by Gasteiger charge is -2.33. The number of rotatable bonds is 3. The quantitative estimate of drug-likeness (QED) is 0.783. The van der Waals surface area contributed by atoms with E-state index in [1.54, 1.807) is 0 Å². The highest BCUT2D eigenvalue weighted by Gasteiger charge is 2.31. The summed E-state index contributed by atoms with van der Waals surface area (Å²) in [5, 5.41) is 0. The molecule has 1 aromatic rings. The standard InChI is InChI=1S/C16H21N2P/c1-18-13-7-5-11-16(18)19(14-8-2-3-9-14)15-10-4-6-12-17-15/h4-7,10-12,14H,2-3,8-9,13H2,1H3. The summed E-state index contributed by atoms with van der Waals surface area (Å²) >= 11 is 0. The van der Waals surface area contributed by atoms with Crippen molar-refractivity contribution in [1.29, 1.82) is 0 Å². The van der Waals surface area contributed by atoms with Gasteiger partial charge in [0.25, 0.3) is 0 Å². The Hall–Kier alpha value is -1.14. The minimum Gasteiger partial charge on any atom is -0.370 e. The zero-order chi connectivity index (χ0) is 13.1. The first kappa shape index (κ1) is 12.9. The van der Waals surface area contributed by atoms with E-state index < -0.39 is 0 Å². The van der Waals surface area contributed by atoms with Crippen molar-refractivity contribution < 1.29 is 0 Å². The fraction of sp³-hybridized carbons (Fsp3) is 0.438. The van der Waals surface area contributed by atoms with Crippen molar-refractivity contribution in [3.63, 3.8) is 0 Å². The molecule has 1 aliphatic carbocycles. The van der Waals surface area contributed by atoms with Crippen molar-refractivity contribution in [3.05, 3.63) is 48.1 Å². The molecule has 0 N–H and O–H groups in total. The van der Waals surface area contributed by atoms with Crippen molar-refractivity contribution >= 4 is 13.4 Å². The Morgan fingerprint density at radius 1 is 1.26 bits per heavy atom. The van der Waals surface area contributed by atoms with Gasteiger partial charge in [-0.05, 0) is 44.6 Å². The number of likely N-dealkylation sites (N-methyl/N-ethyl adjacent to an activating group) is 1. The Morgan fingerprint density at radius 3 is 2.79 bits per heavy atom. The maximum atomic E-state index is 4.67. The number of hydrogen-bond donors (Lipinski definition) is 0. The van der Waals surface area contributed by atoms with E-state index in [4.69, 9.17) is 0 Å². The fourth-order valence-electron chi connectivity index (χ4n) is 3.01. The van der Waals surface area contributed by atoms with Gasteiger partial charge in [-0.1, -0.05) is 31.1 Å². The van der Waals surface area contributed by atoms with Crippen LogP contribution in [0.1, 0.15) is 25.7 Å². The topological polar surface area (TPSA) is 16.1 Å². The van der Waals surface area contributed by atoms with E-state index in [9.17, 15) is 0 Å². The van der Waals surface area contributed by atoms with Gasteiger partial charge >= 0.3 is 0 Å². The number of allylic oxidation sites excluding steroid dienone is 2. The minimum absolute atomic E-state index is 0.290. The molecule has 1 aliphatic heterocycles. The Bertz CT molecular complexity index is 475. The second-order valence-electron chi connectivity index (χ2n) is 5.33. The predicted octanol–water partition coefficient (Wildman–Crippen LogP) is 3.47. The molecule has 3 heteroatoms. The molecule has 19 heavy (non-hydrogen) atoms. The molecular weight excluding hydrogens is 251 g/mol. The number of nitrogens with zero attached hydrogens (tertiary/aromatic N) is 2. The normalized spacial score (nSPS) is 21.5. The summed E-state index contributed by atoms with van der Waals surface area (Å²) in [6.45, 7) is 1.03. The van der Waals surface area contributed by atoms with Crippen molar-refractivity contribution in [3.8, 4) is 0 Å². The van der Waals surface area contributed by atoms with Crippen LogP contribution < -0.4 is 5.44 Å². The van der Waals surface area contributed by atoms with Crippen LogP contribution in [0.4, 0.5) is 0 Å².